The Morgan fingerprint density at radius 2 is 0.562 bits per heavy atom. The fourth-order valence-corrected chi connectivity index (χ4v) is 13.0. The quantitative estimate of drug-likeness (QED) is 0.0320. The van der Waals surface area contributed by atoms with E-state index >= 15 is 0 Å². The normalized spacial score (nSPS) is 12.6. The van der Waals surface area contributed by atoms with E-state index in [1.165, 1.54) is 379 Å². The molecule has 1 amide bonds. The maximum atomic E-state index is 12.5. The van der Waals surface area contributed by atoms with E-state index in [4.69, 9.17) is 4.74 Å². The first-order valence-electron chi connectivity index (χ1n) is 40.7. The van der Waals surface area contributed by atoms with Gasteiger partial charge < -0.3 is 20.3 Å². The Labute approximate surface area is 557 Å². The van der Waals surface area contributed by atoms with E-state index in [2.05, 4.69) is 55.6 Å². The van der Waals surface area contributed by atoms with Crippen LogP contribution in [-0.4, -0.2) is 47.4 Å². The molecular weight excluding hydrogens is 1090 g/mol. The summed E-state index contributed by atoms with van der Waals surface area (Å²) < 4.78 is 5.52. The molecule has 0 saturated carbocycles. The second-order valence-corrected chi connectivity index (χ2v) is 28.1. The van der Waals surface area contributed by atoms with Gasteiger partial charge in [0.15, 0.2) is 0 Å². The van der Waals surface area contributed by atoms with E-state index in [0.29, 0.717) is 25.9 Å². The lowest BCUT2D eigenvalue weighted by molar-refractivity contribution is -0.143. The number of unbranched alkanes of at least 4 members (excludes halogenated alkanes) is 60. The number of esters is 1. The number of aliphatic hydroxyl groups excluding tert-OH is 2. The molecule has 0 spiro atoms. The maximum absolute atomic E-state index is 12.5. The minimum Gasteiger partial charge on any atom is -0.466 e. The van der Waals surface area contributed by atoms with Crippen LogP contribution in [0.3, 0.4) is 0 Å². The molecule has 89 heavy (non-hydrogen) atoms. The van der Waals surface area contributed by atoms with Gasteiger partial charge in [0, 0.05) is 12.8 Å². The zero-order chi connectivity index (χ0) is 64.2. The molecule has 0 aromatic heterocycles. The highest BCUT2D eigenvalue weighted by atomic mass is 16.5. The molecule has 526 valence electrons. The Morgan fingerprint density at radius 1 is 0.315 bits per heavy atom. The average molecular weight is 1250 g/mol. The van der Waals surface area contributed by atoms with Gasteiger partial charge in [-0.05, 0) is 83.5 Å². The zero-order valence-electron chi connectivity index (χ0n) is 60.4. The molecule has 0 rings (SSSR count). The molecule has 0 aromatic carbocycles. The molecule has 0 aliphatic heterocycles. The summed E-state index contributed by atoms with van der Waals surface area (Å²) in [6.07, 6.45) is 103. The van der Waals surface area contributed by atoms with Crippen molar-refractivity contribution in [1.29, 1.82) is 0 Å². The topological polar surface area (TPSA) is 95.9 Å². The Hall–Kier alpha value is -1.92. The van der Waals surface area contributed by atoms with Crippen LogP contribution in [0.2, 0.25) is 0 Å². The zero-order valence-corrected chi connectivity index (χ0v) is 60.4. The summed E-state index contributed by atoms with van der Waals surface area (Å²) in [5.41, 5.74) is 0. The van der Waals surface area contributed by atoms with E-state index in [1.807, 2.05) is 0 Å². The summed E-state index contributed by atoms with van der Waals surface area (Å²) in [4.78, 5) is 24.6. The fraction of sp³-hybridized carbons (Fsp3) is 0.904. The molecule has 0 aliphatic rings. The van der Waals surface area contributed by atoms with E-state index in [0.717, 1.165) is 44.9 Å². The third-order valence-electron chi connectivity index (χ3n) is 19.2. The largest absolute Gasteiger partial charge is 0.466 e. The number of carbonyl (C=O) groups is 2. The van der Waals surface area contributed by atoms with Crippen molar-refractivity contribution in [3.05, 3.63) is 36.5 Å². The predicted molar refractivity (Wildman–Crippen MR) is 393 cm³/mol. The van der Waals surface area contributed by atoms with Crippen molar-refractivity contribution in [2.24, 2.45) is 0 Å². The van der Waals surface area contributed by atoms with Crippen LogP contribution in [0.15, 0.2) is 36.5 Å². The van der Waals surface area contributed by atoms with Gasteiger partial charge in [-0.1, -0.05) is 397 Å². The van der Waals surface area contributed by atoms with Crippen molar-refractivity contribution in [1.82, 2.24) is 5.32 Å². The molecule has 6 heteroatoms. The highest BCUT2D eigenvalue weighted by Crippen LogP contribution is 2.20. The monoisotopic (exact) mass is 1250 g/mol. The summed E-state index contributed by atoms with van der Waals surface area (Å²) in [7, 11) is 0. The van der Waals surface area contributed by atoms with E-state index in [-0.39, 0.29) is 18.5 Å². The van der Waals surface area contributed by atoms with Gasteiger partial charge in [-0.25, -0.2) is 0 Å². The molecular formula is C83H159NO5. The molecule has 0 saturated heterocycles. The van der Waals surface area contributed by atoms with Crippen molar-refractivity contribution in [3.63, 3.8) is 0 Å². The summed E-state index contributed by atoms with van der Waals surface area (Å²) in [5.74, 6) is -0.00824. The summed E-state index contributed by atoms with van der Waals surface area (Å²) in [6.45, 7) is 4.97. The number of rotatable bonds is 77. The second kappa shape index (κ2) is 78.5. The SMILES string of the molecule is CCCCC/C=C\C/C=C\CCCCCCCCCCCC(=O)OCCCCCCCCCCCCCCCCCCCC/C=C\CCCCCCCCCCCCCCCCCCCC(=O)NC(CO)C(O)CCCCCCCCCCCCCCCC. The first kappa shape index (κ1) is 87.1. The van der Waals surface area contributed by atoms with Crippen molar-refractivity contribution < 1.29 is 24.5 Å². The van der Waals surface area contributed by atoms with Gasteiger partial charge in [-0.15, -0.1) is 0 Å². The summed E-state index contributed by atoms with van der Waals surface area (Å²) in [5, 5.41) is 23.3. The van der Waals surface area contributed by atoms with Crippen LogP contribution >= 0.6 is 0 Å². The third kappa shape index (κ3) is 75.0. The maximum Gasteiger partial charge on any atom is 0.305 e. The van der Waals surface area contributed by atoms with Gasteiger partial charge in [0.25, 0.3) is 0 Å². The minimum atomic E-state index is -0.661. The Morgan fingerprint density at radius 3 is 0.888 bits per heavy atom. The van der Waals surface area contributed by atoms with Crippen molar-refractivity contribution >= 4 is 11.9 Å². The molecule has 0 heterocycles. The summed E-state index contributed by atoms with van der Waals surface area (Å²) >= 11 is 0. The lowest BCUT2D eigenvalue weighted by Crippen LogP contribution is -2.45. The first-order chi connectivity index (χ1) is 44.0. The molecule has 0 aromatic rings. The van der Waals surface area contributed by atoms with Crippen LogP contribution in [0.1, 0.15) is 457 Å². The summed E-state index contributed by atoms with van der Waals surface area (Å²) in [6, 6.07) is -0.538. The van der Waals surface area contributed by atoms with E-state index < -0.39 is 12.1 Å². The van der Waals surface area contributed by atoms with Crippen LogP contribution in [0.25, 0.3) is 0 Å². The van der Waals surface area contributed by atoms with Gasteiger partial charge in [0.1, 0.15) is 0 Å². The predicted octanol–water partition coefficient (Wildman–Crippen LogP) is 27.0. The lowest BCUT2D eigenvalue weighted by Gasteiger charge is -2.22. The van der Waals surface area contributed by atoms with Crippen molar-refractivity contribution in [3.8, 4) is 0 Å². The molecule has 2 atom stereocenters. The second-order valence-electron chi connectivity index (χ2n) is 28.1. The van der Waals surface area contributed by atoms with E-state index in [1.54, 1.807) is 0 Å². The molecule has 0 radical (unpaired) electrons. The highest BCUT2D eigenvalue weighted by Gasteiger charge is 2.20. The highest BCUT2D eigenvalue weighted by molar-refractivity contribution is 5.76. The molecule has 6 nitrogen and oxygen atoms in total. The number of aliphatic hydroxyl groups is 2. The lowest BCUT2D eigenvalue weighted by atomic mass is 10.0. The molecule has 0 fully saturated rings. The van der Waals surface area contributed by atoms with Crippen LogP contribution in [0.5, 0.6) is 0 Å². The van der Waals surface area contributed by atoms with Gasteiger partial charge in [0.2, 0.25) is 5.91 Å². The standard InChI is InChI=1S/C83H159NO5/c1-3-5-7-9-11-13-15-17-19-20-42-46-49-53-57-61-65-69-73-77-83(88)89-78-74-70-66-62-58-54-50-47-44-41-39-37-35-33-31-29-27-25-23-21-22-24-26-28-30-32-34-36-38-40-43-45-48-52-56-60-64-68-72-76-82(87)84-80(79-85)81(86)75-71-67-63-59-55-51-18-16-14-12-10-8-6-4-2/h11,13,17,19,21-22,80-81,85-86H,3-10,12,14-16,18,20,23-79H2,1-2H3,(H,84,87)/b13-11-,19-17-,22-21-. The van der Waals surface area contributed by atoms with Crippen LogP contribution in [0.4, 0.5) is 0 Å². The smallest absolute Gasteiger partial charge is 0.305 e. The molecule has 0 bridgehead atoms. The molecule has 2 unspecified atom stereocenters. The number of hydrogen-bond donors (Lipinski definition) is 3. The van der Waals surface area contributed by atoms with E-state index in [9.17, 15) is 19.8 Å². The third-order valence-corrected chi connectivity index (χ3v) is 19.2. The number of ether oxygens (including phenoxy) is 1. The van der Waals surface area contributed by atoms with Gasteiger partial charge in [0.05, 0.1) is 25.4 Å². The van der Waals surface area contributed by atoms with Gasteiger partial charge >= 0.3 is 5.97 Å². The minimum absolute atomic E-state index is 0.0194. The number of nitrogens with one attached hydrogen (secondary N) is 1. The van der Waals surface area contributed by atoms with Crippen LogP contribution < -0.4 is 5.32 Å². The van der Waals surface area contributed by atoms with Gasteiger partial charge in [-0.3, -0.25) is 9.59 Å². The number of hydrogen-bond acceptors (Lipinski definition) is 5. The van der Waals surface area contributed by atoms with Crippen LogP contribution in [-0.2, 0) is 14.3 Å². The van der Waals surface area contributed by atoms with Gasteiger partial charge in [-0.2, -0.15) is 0 Å². The number of carbonyl (C=O) groups excluding carboxylic acids is 2. The number of amides is 1. The van der Waals surface area contributed by atoms with Crippen LogP contribution in [0, 0.1) is 0 Å². The molecule has 0 aliphatic carbocycles. The average Bonchev–Trinajstić information content (AvgIpc) is 3.68. The Balaban J connectivity index is 3.30. The molecule has 3 N–H and O–H groups in total. The number of allylic oxidation sites excluding steroid dienone is 6. The fourth-order valence-electron chi connectivity index (χ4n) is 13.0. The Kier molecular flexibility index (Phi) is 76.8. The Bertz CT molecular complexity index is 1440. The van der Waals surface area contributed by atoms with Crippen molar-refractivity contribution in [2.75, 3.05) is 13.2 Å². The first-order valence-corrected chi connectivity index (χ1v) is 40.7. The van der Waals surface area contributed by atoms with Crippen molar-refractivity contribution in [2.45, 2.75) is 469 Å².